The van der Waals surface area contributed by atoms with Crippen LogP contribution in [-0.4, -0.2) is 50.8 Å². The molecule has 0 amide bonds. The fourth-order valence-corrected chi connectivity index (χ4v) is 4.08. The van der Waals surface area contributed by atoms with Gasteiger partial charge in [0.1, 0.15) is 16.9 Å². The van der Waals surface area contributed by atoms with Crippen molar-refractivity contribution in [3.05, 3.63) is 51.7 Å². The van der Waals surface area contributed by atoms with Gasteiger partial charge in [0.25, 0.3) is 5.56 Å². The summed E-state index contributed by atoms with van der Waals surface area (Å²) in [7, 11) is 0. The first-order valence-corrected chi connectivity index (χ1v) is 11.2. The van der Waals surface area contributed by atoms with Gasteiger partial charge in [0, 0.05) is 36.6 Å². The van der Waals surface area contributed by atoms with Gasteiger partial charge in [-0.15, -0.1) is 0 Å². The monoisotopic (exact) mass is 532 g/mol. The van der Waals surface area contributed by atoms with Crippen LogP contribution in [0.15, 0.2) is 29.2 Å². The Morgan fingerprint density at radius 2 is 2.00 bits per heavy atom. The van der Waals surface area contributed by atoms with E-state index in [9.17, 15) is 35.9 Å². The van der Waals surface area contributed by atoms with Crippen molar-refractivity contribution in [2.75, 3.05) is 18.5 Å². The first-order chi connectivity index (χ1) is 17.3. The van der Waals surface area contributed by atoms with Crippen molar-refractivity contribution >= 4 is 22.5 Å². The minimum Gasteiger partial charge on any atom is -0.379 e. The third kappa shape index (κ3) is 5.93. The summed E-state index contributed by atoms with van der Waals surface area (Å²) in [5.74, 6) is -0.238. The lowest BCUT2D eigenvalue weighted by atomic mass is 10.1. The van der Waals surface area contributed by atoms with Crippen LogP contribution in [-0.2, 0) is 35.0 Å². The molecule has 0 saturated carbocycles. The van der Waals surface area contributed by atoms with Gasteiger partial charge in [-0.3, -0.25) is 9.59 Å². The van der Waals surface area contributed by atoms with E-state index in [4.69, 9.17) is 4.74 Å². The topological polar surface area (TPSA) is 114 Å². The summed E-state index contributed by atoms with van der Waals surface area (Å²) in [6.45, 7) is 1.80. The first kappa shape index (κ1) is 26.6. The highest BCUT2D eigenvalue weighted by atomic mass is 19.4. The number of ketones is 1. The lowest BCUT2D eigenvalue weighted by Gasteiger charge is -2.25. The fourth-order valence-electron chi connectivity index (χ4n) is 4.08. The number of fused-ring (bicyclic) bond motifs is 3. The highest BCUT2D eigenvalue weighted by molar-refractivity contribution is 5.85. The number of anilines is 1. The molecule has 3 aromatic heterocycles. The van der Waals surface area contributed by atoms with Crippen molar-refractivity contribution in [3.8, 4) is 0 Å². The minimum atomic E-state index is -4.88. The number of nitrogens with zero attached hydrogens (tertiary/aromatic N) is 3. The number of nitrogens with one attached hydrogen (secondary N) is 3. The summed E-state index contributed by atoms with van der Waals surface area (Å²) >= 11 is 0. The molecular weight excluding hydrogens is 510 g/mol. The standard InChI is InChI=1S/C22H22F6N6O3/c1-11(31-14-8-30-33-20(36)18(14)22(26,27)28)10-37-5-4-16(35)15-9-34-13(7-29-15)6-12-2-3-17(21(23,24)25)32-19(12)34/h2-3,6,8,11,15,29H,4-5,7,9-10H2,1H3,(H2,31,33,36)/t11-,15?/m0/s1. The maximum atomic E-state index is 13.1. The van der Waals surface area contributed by atoms with Crippen LogP contribution in [0.5, 0.6) is 0 Å². The molecule has 0 bridgehead atoms. The van der Waals surface area contributed by atoms with Crippen LogP contribution in [0.25, 0.3) is 11.0 Å². The molecule has 3 N–H and O–H groups in total. The molecule has 3 aromatic rings. The second-order valence-electron chi connectivity index (χ2n) is 8.61. The quantitative estimate of drug-likeness (QED) is 0.302. The normalized spacial score (nSPS) is 17.0. The average Bonchev–Trinajstić information content (AvgIpc) is 3.17. The van der Waals surface area contributed by atoms with E-state index in [0.29, 0.717) is 11.1 Å². The molecule has 0 spiro atoms. The van der Waals surface area contributed by atoms with Crippen molar-refractivity contribution < 1.29 is 35.9 Å². The molecule has 1 unspecified atom stereocenters. The van der Waals surface area contributed by atoms with Crippen molar-refractivity contribution in [3.63, 3.8) is 0 Å². The number of aromatic amines is 1. The summed E-state index contributed by atoms with van der Waals surface area (Å²) in [5, 5.41) is 11.2. The van der Waals surface area contributed by atoms with Gasteiger partial charge in [0.2, 0.25) is 0 Å². The van der Waals surface area contributed by atoms with E-state index in [1.165, 1.54) is 13.0 Å². The van der Waals surface area contributed by atoms with Crippen LogP contribution < -0.4 is 16.2 Å². The Bertz CT molecular complexity index is 1350. The molecule has 4 heterocycles. The first-order valence-electron chi connectivity index (χ1n) is 11.2. The molecule has 1 aliphatic rings. The zero-order chi connectivity index (χ0) is 27.0. The zero-order valence-corrected chi connectivity index (χ0v) is 19.3. The number of hydrogen-bond donors (Lipinski definition) is 3. The smallest absolute Gasteiger partial charge is 0.379 e. The van der Waals surface area contributed by atoms with Gasteiger partial charge in [-0.05, 0) is 25.1 Å². The molecule has 15 heteroatoms. The number of carbonyl (C=O) groups is 1. The van der Waals surface area contributed by atoms with Crippen LogP contribution in [0.3, 0.4) is 0 Å². The van der Waals surface area contributed by atoms with E-state index in [-0.39, 0.29) is 44.2 Å². The van der Waals surface area contributed by atoms with Gasteiger partial charge in [-0.2, -0.15) is 31.4 Å². The molecule has 4 rings (SSSR count). The number of rotatable bonds is 8. The number of aromatic nitrogens is 4. The van der Waals surface area contributed by atoms with E-state index in [2.05, 4.69) is 20.7 Å². The zero-order valence-electron chi connectivity index (χ0n) is 19.3. The van der Waals surface area contributed by atoms with Gasteiger partial charge in [-0.1, -0.05) is 0 Å². The Hall–Kier alpha value is -3.46. The number of halogens is 6. The number of carbonyl (C=O) groups excluding carboxylic acids is 1. The van der Waals surface area contributed by atoms with E-state index in [1.54, 1.807) is 15.7 Å². The van der Waals surface area contributed by atoms with Crippen LogP contribution in [0.4, 0.5) is 32.0 Å². The number of ether oxygens (including phenoxy) is 1. The van der Waals surface area contributed by atoms with E-state index < -0.39 is 46.9 Å². The molecule has 1 aliphatic heterocycles. The van der Waals surface area contributed by atoms with Crippen LogP contribution in [0.1, 0.15) is 30.3 Å². The summed E-state index contributed by atoms with van der Waals surface area (Å²) in [6, 6.07) is 2.66. The molecule has 0 radical (unpaired) electrons. The van der Waals surface area contributed by atoms with Crippen molar-refractivity contribution in [1.82, 2.24) is 25.1 Å². The Kier molecular flexibility index (Phi) is 7.28. The summed E-state index contributed by atoms with van der Waals surface area (Å²) in [5.41, 5.74) is -3.44. The number of pyridine rings is 1. The molecule has 9 nitrogen and oxygen atoms in total. The average molecular weight is 532 g/mol. The Morgan fingerprint density at radius 1 is 1.24 bits per heavy atom. The molecular formula is C22H22F6N6O3. The highest BCUT2D eigenvalue weighted by Crippen LogP contribution is 2.32. The van der Waals surface area contributed by atoms with E-state index in [0.717, 1.165) is 12.3 Å². The summed E-state index contributed by atoms with van der Waals surface area (Å²) < 4.78 is 85.7. The summed E-state index contributed by atoms with van der Waals surface area (Å²) in [6.07, 6.45) is -8.65. The predicted octanol–water partition coefficient (Wildman–Crippen LogP) is 3.11. The Morgan fingerprint density at radius 3 is 2.70 bits per heavy atom. The maximum Gasteiger partial charge on any atom is 0.433 e. The van der Waals surface area contributed by atoms with Crippen LogP contribution >= 0.6 is 0 Å². The SMILES string of the molecule is C[C@@H](COCCC(=O)C1Cn2c(cc3ccc(C(F)(F)F)nc32)CN1)Nc1cn[nH]c(=O)c1C(F)(F)F. The van der Waals surface area contributed by atoms with Crippen LogP contribution in [0.2, 0.25) is 0 Å². The molecule has 0 aromatic carbocycles. The predicted molar refractivity (Wildman–Crippen MR) is 119 cm³/mol. The van der Waals surface area contributed by atoms with Crippen molar-refractivity contribution in [2.45, 2.75) is 50.9 Å². The minimum absolute atomic E-state index is 0.0273. The van der Waals surface area contributed by atoms with Crippen molar-refractivity contribution in [2.24, 2.45) is 0 Å². The van der Waals surface area contributed by atoms with Gasteiger partial charge in [0.05, 0.1) is 31.1 Å². The number of alkyl halides is 6. The molecule has 200 valence electrons. The van der Waals surface area contributed by atoms with Crippen molar-refractivity contribution in [1.29, 1.82) is 0 Å². The number of hydrogen-bond acceptors (Lipinski definition) is 7. The molecule has 0 aliphatic carbocycles. The lowest BCUT2D eigenvalue weighted by Crippen LogP contribution is -2.44. The van der Waals surface area contributed by atoms with Gasteiger partial charge >= 0.3 is 12.4 Å². The molecule has 37 heavy (non-hydrogen) atoms. The second kappa shape index (κ2) is 10.1. The third-order valence-corrected chi connectivity index (χ3v) is 5.81. The van der Waals surface area contributed by atoms with Gasteiger partial charge in [-0.25, -0.2) is 10.1 Å². The second-order valence-corrected chi connectivity index (χ2v) is 8.61. The van der Waals surface area contributed by atoms with Gasteiger partial charge in [0.15, 0.2) is 5.78 Å². The molecule has 0 saturated heterocycles. The number of Topliss-reactive ketones (excluding diaryl/α,β-unsaturated/α-hetero) is 1. The third-order valence-electron chi connectivity index (χ3n) is 5.81. The number of H-pyrrole nitrogens is 1. The maximum absolute atomic E-state index is 13.1. The Labute approximate surface area is 205 Å². The van der Waals surface area contributed by atoms with Gasteiger partial charge < -0.3 is 19.9 Å². The largest absolute Gasteiger partial charge is 0.433 e. The molecule has 2 atom stereocenters. The van der Waals surface area contributed by atoms with E-state index in [1.807, 2.05) is 0 Å². The van der Waals surface area contributed by atoms with E-state index >= 15 is 0 Å². The Balaban J connectivity index is 1.31. The highest BCUT2D eigenvalue weighted by Gasteiger charge is 2.37. The molecule has 0 fully saturated rings. The summed E-state index contributed by atoms with van der Waals surface area (Å²) in [4.78, 5) is 28.0. The lowest BCUT2D eigenvalue weighted by molar-refractivity contribution is -0.141. The fraction of sp³-hybridized carbons (Fsp3) is 0.455. The van der Waals surface area contributed by atoms with Crippen LogP contribution in [0, 0.1) is 0 Å².